The van der Waals surface area contributed by atoms with Gasteiger partial charge in [0.15, 0.2) is 0 Å². The minimum Gasteiger partial charge on any atom is -0.480 e. The number of nitrogens with zero attached hydrogens (tertiary/aromatic N) is 3. The van der Waals surface area contributed by atoms with Gasteiger partial charge in [0.2, 0.25) is 0 Å². The fourth-order valence-electron chi connectivity index (χ4n) is 3.93. The lowest BCUT2D eigenvalue weighted by Gasteiger charge is -2.33. The van der Waals surface area contributed by atoms with E-state index < -0.39 is 12.0 Å². The molecule has 0 saturated carbocycles. The molecule has 3 aromatic rings. The Morgan fingerprint density at radius 3 is 2.73 bits per heavy atom. The first-order valence-corrected chi connectivity index (χ1v) is 10.4. The normalized spacial score (nSPS) is 17.5. The molecule has 0 spiro atoms. The number of fused-ring (bicyclic) bond motifs is 1. The molecule has 2 atom stereocenters. The number of halogens is 2. The number of carboxylic acids is 1. The maximum Gasteiger partial charge on any atom is 0.320 e. The summed E-state index contributed by atoms with van der Waals surface area (Å²) in [5, 5.41) is 10.3. The second-order valence-electron chi connectivity index (χ2n) is 7.72. The fourth-order valence-corrected chi connectivity index (χ4v) is 4.50. The lowest BCUT2D eigenvalue weighted by molar-refractivity contribution is -0.138. The van der Waals surface area contributed by atoms with Gasteiger partial charge in [-0.25, -0.2) is 4.98 Å². The molecule has 1 aliphatic rings. The van der Waals surface area contributed by atoms with Gasteiger partial charge >= 0.3 is 5.97 Å². The van der Waals surface area contributed by atoms with Crippen molar-refractivity contribution in [2.45, 2.75) is 24.9 Å². The number of aliphatic carboxylic acids is 1. The molecule has 30 heavy (non-hydrogen) atoms. The summed E-state index contributed by atoms with van der Waals surface area (Å²) in [6.07, 6.45) is 3.66. The number of aromatic nitrogens is 2. The number of imidazole rings is 1. The molecule has 2 aromatic carbocycles. The highest BCUT2D eigenvalue weighted by Crippen LogP contribution is 2.38. The molecule has 1 aliphatic heterocycles. The smallest absolute Gasteiger partial charge is 0.320 e. The van der Waals surface area contributed by atoms with Crippen LogP contribution in [0.1, 0.15) is 28.3 Å². The van der Waals surface area contributed by atoms with Crippen molar-refractivity contribution < 1.29 is 9.90 Å². The van der Waals surface area contributed by atoms with Crippen LogP contribution in [-0.4, -0.2) is 45.2 Å². The van der Waals surface area contributed by atoms with Crippen molar-refractivity contribution in [3.63, 3.8) is 0 Å². The fraction of sp³-hybridized carbons (Fsp3) is 0.273. The van der Waals surface area contributed by atoms with E-state index in [1.165, 1.54) is 11.1 Å². The van der Waals surface area contributed by atoms with Crippen molar-refractivity contribution in [2.75, 3.05) is 13.6 Å². The van der Waals surface area contributed by atoms with Crippen LogP contribution in [0.25, 0.3) is 5.69 Å². The van der Waals surface area contributed by atoms with Crippen molar-refractivity contribution in [3.05, 3.63) is 81.4 Å². The maximum absolute atomic E-state index is 10.9. The van der Waals surface area contributed by atoms with E-state index in [2.05, 4.69) is 29.1 Å². The Labute approximate surface area is 184 Å². The SMILES string of the molecule is CN1Cc2c(Cl)cc(Cl)cc2C(c2ccc(-n3cnc(CC(N)C(=O)O)c3)cc2)C1. The van der Waals surface area contributed by atoms with Crippen molar-refractivity contribution in [1.82, 2.24) is 14.5 Å². The van der Waals surface area contributed by atoms with Crippen LogP contribution in [-0.2, 0) is 17.8 Å². The molecule has 3 N–H and O–H groups in total. The highest BCUT2D eigenvalue weighted by molar-refractivity contribution is 6.35. The predicted octanol–water partition coefficient (Wildman–Crippen LogP) is 3.71. The summed E-state index contributed by atoms with van der Waals surface area (Å²) in [6.45, 7) is 1.68. The van der Waals surface area contributed by atoms with Gasteiger partial charge in [-0.1, -0.05) is 35.3 Å². The van der Waals surface area contributed by atoms with E-state index in [9.17, 15) is 4.79 Å². The first-order chi connectivity index (χ1) is 14.3. The van der Waals surface area contributed by atoms with E-state index in [-0.39, 0.29) is 12.3 Å². The highest BCUT2D eigenvalue weighted by atomic mass is 35.5. The van der Waals surface area contributed by atoms with Crippen LogP contribution in [0.3, 0.4) is 0 Å². The van der Waals surface area contributed by atoms with Gasteiger partial charge < -0.3 is 20.3 Å². The third-order valence-corrected chi connectivity index (χ3v) is 6.02. The van der Waals surface area contributed by atoms with Gasteiger partial charge in [0.1, 0.15) is 6.04 Å². The third kappa shape index (κ3) is 4.23. The van der Waals surface area contributed by atoms with Gasteiger partial charge in [0.25, 0.3) is 0 Å². The standard InChI is InChI=1S/C22H22Cl2N4O2/c1-27-10-18(17-6-14(23)7-20(24)19(17)11-27)13-2-4-16(5-3-13)28-9-15(26-12-28)8-21(25)22(29)30/h2-7,9,12,18,21H,8,10-11,25H2,1H3,(H,29,30). The largest absolute Gasteiger partial charge is 0.480 e. The zero-order chi connectivity index (χ0) is 21.4. The average molecular weight is 445 g/mol. The highest BCUT2D eigenvalue weighted by Gasteiger charge is 2.27. The van der Waals surface area contributed by atoms with Gasteiger partial charge in [-0.2, -0.15) is 0 Å². The first kappa shape index (κ1) is 20.9. The van der Waals surface area contributed by atoms with E-state index in [0.717, 1.165) is 24.3 Å². The molecule has 1 aromatic heterocycles. The molecular weight excluding hydrogens is 423 g/mol. The number of nitrogens with two attached hydrogens (primary N) is 1. The number of rotatable bonds is 5. The summed E-state index contributed by atoms with van der Waals surface area (Å²) < 4.78 is 1.86. The second kappa shape index (κ2) is 8.40. The van der Waals surface area contributed by atoms with Gasteiger partial charge in [0.05, 0.1) is 12.0 Å². The van der Waals surface area contributed by atoms with Crippen molar-refractivity contribution in [2.24, 2.45) is 5.73 Å². The Morgan fingerprint density at radius 2 is 2.03 bits per heavy atom. The van der Waals surface area contributed by atoms with Crippen molar-refractivity contribution >= 4 is 29.2 Å². The lowest BCUT2D eigenvalue weighted by Crippen LogP contribution is -2.32. The zero-order valence-corrected chi connectivity index (χ0v) is 17.9. The van der Waals surface area contributed by atoms with E-state index in [0.29, 0.717) is 15.7 Å². The summed E-state index contributed by atoms with van der Waals surface area (Å²) in [6, 6.07) is 11.1. The predicted molar refractivity (Wildman–Crippen MR) is 118 cm³/mol. The van der Waals surface area contributed by atoms with E-state index in [1.807, 2.05) is 22.8 Å². The topological polar surface area (TPSA) is 84.4 Å². The van der Waals surface area contributed by atoms with Gasteiger partial charge in [-0.15, -0.1) is 0 Å². The molecule has 6 nitrogen and oxygen atoms in total. The molecular formula is C22H22Cl2N4O2. The Morgan fingerprint density at radius 1 is 1.30 bits per heavy atom. The number of likely N-dealkylation sites (N-methyl/N-ethyl adjacent to an activating group) is 1. The third-order valence-electron chi connectivity index (χ3n) is 5.47. The summed E-state index contributed by atoms with van der Waals surface area (Å²) >= 11 is 12.7. The minimum atomic E-state index is -1.04. The van der Waals surface area contributed by atoms with Gasteiger partial charge in [-0.05, 0) is 48.0 Å². The molecule has 2 unspecified atom stereocenters. The van der Waals surface area contributed by atoms with E-state index in [1.54, 1.807) is 18.6 Å². The monoisotopic (exact) mass is 444 g/mol. The molecule has 4 rings (SSSR count). The average Bonchev–Trinajstić information content (AvgIpc) is 3.16. The molecule has 156 valence electrons. The molecule has 0 saturated heterocycles. The van der Waals surface area contributed by atoms with Gasteiger partial charge in [0, 0.05) is 47.4 Å². The van der Waals surface area contributed by atoms with Crippen molar-refractivity contribution in [1.29, 1.82) is 0 Å². The number of carbonyl (C=O) groups is 1. The van der Waals surface area contributed by atoms with E-state index in [4.69, 9.17) is 34.0 Å². The molecule has 0 radical (unpaired) electrons. The molecule has 2 heterocycles. The summed E-state index contributed by atoms with van der Waals surface area (Å²) in [5.41, 5.74) is 10.7. The van der Waals surface area contributed by atoms with Crippen LogP contribution < -0.4 is 5.73 Å². The van der Waals surface area contributed by atoms with Crippen molar-refractivity contribution in [3.8, 4) is 5.69 Å². The Balaban J connectivity index is 1.59. The molecule has 0 amide bonds. The Hall–Kier alpha value is -2.38. The summed E-state index contributed by atoms with van der Waals surface area (Å²) in [7, 11) is 2.09. The van der Waals surface area contributed by atoms with Crippen LogP contribution in [0, 0.1) is 0 Å². The Bertz CT molecular complexity index is 1080. The minimum absolute atomic E-state index is 0.177. The van der Waals surface area contributed by atoms with Gasteiger partial charge in [-0.3, -0.25) is 4.79 Å². The number of carboxylic acid groups (broad SMARTS) is 1. The number of hydrogen-bond acceptors (Lipinski definition) is 4. The number of hydrogen-bond donors (Lipinski definition) is 2. The quantitative estimate of drug-likeness (QED) is 0.626. The molecule has 0 aliphatic carbocycles. The van der Waals surface area contributed by atoms with E-state index >= 15 is 0 Å². The van der Waals surface area contributed by atoms with Crippen LogP contribution >= 0.6 is 23.2 Å². The first-order valence-electron chi connectivity index (χ1n) is 9.59. The Kier molecular flexibility index (Phi) is 5.84. The molecule has 0 fully saturated rings. The van der Waals surface area contributed by atoms with Crippen LogP contribution in [0.4, 0.5) is 0 Å². The summed E-state index contributed by atoms with van der Waals surface area (Å²) in [5.74, 6) is -0.859. The zero-order valence-electron chi connectivity index (χ0n) is 16.4. The second-order valence-corrected chi connectivity index (χ2v) is 8.56. The van der Waals surface area contributed by atoms with Crippen LogP contribution in [0.15, 0.2) is 48.9 Å². The lowest BCUT2D eigenvalue weighted by atomic mass is 9.84. The summed E-state index contributed by atoms with van der Waals surface area (Å²) in [4.78, 5) is 17.5. The van der Waals surface area contributed by atoms with Crippen LogP contribution in [0.2, 0.25) is 10.0 Å². The molecule has 0 bridgehead atoms. The maximum atomic E-state index is 10.9. The van der Waals surface area contributed by atoms with Crippen LogP contribution in [0.5, 0.6) is 0 Å². The molecule has 8 heteroatoms. The number of benzene rings is 2.